The Kier molecular flexibility index (Phi) is 3.04. The van der Waals surface area contributed by atoms with Crippen LogP contribution in [0.1, 0.15) is 33.1 Å². The summed E-state index contributed by atoms with van der Waals surface area (Å²) in [6, 6.07) is 0. The van der Waals surface area contributed by atoms with Gasteiger partial charge in [-0.05, 0) is 30.6 Å². The van der Waals surface area contributed by atoms with E-state index < -0.39 is 12.3 Å². The Morgan fingerprint density at radius 2 is 2.07 bits per heavy atom. The Hall–Kier alpha value is -0.150. The first kappa shape index (κ1) is 11.3. The standard InChI is InChI=1S/C12H22FNO/c1-9(2)5-12(3-4-12)8-14-6-10(13)11(15)7-14/h9-11,15H,3-8H2,1-2H3/t10-,11-/m1/s1. The van der Waals surface area contributed by atoms with Gasteiger partial charge in [0.15, 0.2) is 0 Å². The monoisotopic (exact) mass is 215 g/mol. The molecule has 1 aliphatic heterocycles. The van der Waals surface area contributed by atoms with Crippen molar-refractivity contribution in [2.75, 3.05) is 19.6 Å². The highest BCUT2D eigenvalue weighted by molar-refractivity contribution is 4.98. The van der Waals surface area contributed by atoms with Gasteiger partial charge in [-0.2, -0.15) is 0 Å². The average Bonchev–Trinajstić information content (AvgIpc) is 2.75. The molecule has 0 aromatic heterocycles. The van der Waals surface area contributed by atoms with Crippen molar-refractivity contribution in [1.82, 2.24) is 4.90 Å². The van der Waals surface area contributed by atoms with Gasteiger partial charge in [-0.3, -0.25) is 4.90 Å². The quantitative estimate of drug-likeness (QED) is 0.773. The molecule has 0 aromatic carbocycles. The molecule has 1 saturated carbocycles. The molecule has 88 valence electrons. The molecular formula is C12H22FNO. The molecule has 1 saturated heterocycles. The molecule has 1 aliphatic carbocycles. The van der Waals surface area contributed by atoms with Crippen LogP contribution in [0.15, 0.2) is 0 Å². The van der Waals surface area contributed by atoms with E-state index in [0.717, 1.165) is 12.5 Å². The number of halogens is 1. The minimum atomic E-state index is -1.03. The van der Waals surface area contributed by atoms with Crippen molar-refractivity contribution in [3.8, 4) is 0 Å². The van der Waals surface area contributed by atoms with Crippen LogP contribution in [0.3, 0.4) is 0 Å². The maximum atomic E-state index is 13.1. The number of likely N-dealkylation sites (tertiary alicyclic amines) is 1. The predicted octanol–water partition coefficient (Wildman–Crippen LogP) is 1.83. The van der Waals surface area contributed by atoms with E-state index >= 15 is 0 Å². The maximum absolute atomic E-state index is 13.1. The molecule has 0 aromatic rings. The Bertz CT molecular complexity index is 218. The van der Waals surface area contributed by atoms with Gasteiger partial charge in [0, 0.05) is 19.6 Å². The molecule has 2 fully saturated rings. The fraction of sp³-hybridized carbons (Fsp3) is 1.00. The van der Waals surface area contributed by atoms with E-state index in [1.165, 1.54) is 19.3 Å². The van der Waals surface area contributed by atoms with Crippen molar-refractivity contribution < 1.29 is 9.50 Å². The number of aliphatic hydroxyl groups is 1. The zero-order valence-electron chi connectivity index (χ0n) is 9.75. The summed E-state index contributed by atoms with van der Waals surface area (Å²) in [5, 5.41) is 9.35. The minimum absolute atomic E-state index is 0.432. The van der Waals surface area contributed by atoms with Crippen molar-refractivity contribution in [3.05, 3.63) is 0 Å². The number of hydrogen-bond acceptors (Lipinski definition) is 2. The van der Waals surface area contributed by atoms with Gasteiger partial charge < -0.3 is 5.11 Å². The topological polar surface area (TPSA) is 23.5 Å². The third-order valence-corrected chi connectivity index (χ3v) is 3.65. The van der Waals surface area contributed by atoms with Crippen LogP contribution in [-0.2, 0) is 0 Å². The van der Waals surface area contributed by atoms with E-state index in [1.807, 2.05) is 0 Å². The summed E-state index contributed by atoms with van der Waals surface area (Å²) >= 11 is 0. The lowest BCUT2D eigenvalue weighted by Gasteiger charge is -2.24. The summed E-state index contributed by atoms with van der Waals surface area (Å²) in [4.78, 5) is 2.10. The number of aliphatic hydroxyl groups excluding tert-OH is 1. The normalized spacial score (nSPS) is 35.0. The highest BCUT2D eigenvalue weighted by atomic mass is 19.1. The second-order valence-electron chi connectivity index (χ2n) is 5.88. The SMILES string of the molecule is CC(C)CC1(CN2C[C@@H](O)[C@H](F)C2)CC1. The second kappa shape index (κ2) is 4.02. The molecule has 0 spiro atoms. The number of nitrogens with zero attached hydrogens (tertiary/aromatic N) is 1. The summed E-state index contributed by atoms with van der Waals surface area (Å²) in [5.41, 5.74) is 0.456. The highest BCUT2D eigenvalue weighted by Crippen LogP contribution is 2.51. The van der Waals surface area contributed by atoms with Crippen molar-refractivity contribution in [1.29, 1.82) is 0 Å². The summed E-state index contributed by atoms with van der Waals surface area (Å²) in [7, 11) is 0. The van der Waals surface area contributed by atoms with E-state index in [-0.39, 0.29) is 0 Å². The van der Waals surface area contributed by atoms with Gasteiger partial charge >= 0.3 is 0 Å². The average molecular weight is 215 g/mol. The third-order valence-electron chi connectivity index (χ3n) is 3.65. The Morgan fingerprint density at radius 3 is 2.47 bits per heavy atom. The first-order valence-corrected chi connectivity index (χ1v) is 6.05. The maximum Gasteiger partial charge on any atom is 0.140 e. The van der Waals surface area contributed by atoms with Crippen LogP contribution in [0.25, 0.3) is 0 Å². The molecule has 0 bridgehead atoms. The van der Waals surface area contributed by atoms with E-state index in [2.05, 4.69) is 18.7 Å². The fourth-order valence-electron chi connectivity index (χ4n) is 2.89. The zero-order valence-corrected chi connectivity index (χ0v) is 9.75. The number of rotatable bonds is 4. The largest absolute Gasteiger partial charge is 0.389 e. The molecule has 2 rings (SSSR count). The van der Waals surface area contributed by atoms with Crippen LogP contribution in [0.5, 0.6) is 0 Å². The van der Waals surface area contributed by atoms with Gasteiger partial charge in [0.25, 0.3) is 0 Å². The highest BCUT2D eigenvalue weighted by Gasteiger charge is 2.45. The molecule has 0 amide bonds. The van der Waals surface area contributed by atoms with Crippen molar-refractivity contribution in [2.45, 2.75) is 45.4 Å². The minimum Gasteiger partial charge on any atom is -0.389 e. The molecule has 2 aliphatic rings. The second-order valence-corrected chi connectivity index (χ2v) is 5.88. The molecular weight excluding hydrogens is 193 g/mol. The first-order valence-electron chi connectivity index (χ1n) is 6.05. The van der Waals surface area contributed by atoms with Gasteiger partial charge in [0.2, 0.25) is 0 Å². The molecule has 0 radical (unpaired) electrons. The van der Waals surface area contributed by atoms with Gasteiger partial charge in [0.1, 0.15) is 6.17 Å². The first-order chi connectivity index (χ1) is 7.01. The summed E-state index contributed by atoms with van der Waals surface area (Å²) in [6.45, 7) is 6.44. The summed E-state index contributed by atoms with van der Waals surface area (Å²) in [6.07, 6.45) is 2.04. The molecule has 2 nitrogen and oxygen atoms in total. The van der Waals surface area contributed by atoms with Gasteiger partial charge in [-0.15, -0.1) is 0 Å². The smallest absolute Gasteiger partial charge is 0.140 e. The van der Waals surface area contributed by atoms with Gasteiger partial charge in [-0.25, -0.2) is 4.39 Å². The van der Waals surface area contributed by atoms with Crippen LogP contribution < -0.4 is 0 Å². The zero-order chi connectivity index (χ0) is 11.1. The summed E-state index contributed by atoms with van der Waals surface area (Å²) < 4.78 is 13.1. The van der Waals surface area contributed by atoms with E-state index in [0.29, 0.717) is 18.5 Å². The van der Waals surface area contributed by atoms with E-state index in [9.17, 15) is 9.50 Å². The van der Waals surface area contributed by atoms with Crippen molar-refractivity contribution >= 4 is 0 Å². The summed E-state index contributed by atoms with van der Waals surface area (Å²) in [5.74, 6) is 0.723. The Morgan fingerprint density at radius 1 is 1.40 bits per heavy atom. The Labute approximate surface area is 91.5 Å². The molecule has 3 heteroatoms. The number of alkyl halides is 1. The third kappa shape index (κ3) is 2.70. The van der Waals surface area contributed by atoms with E-state index in [4.69, 9.17) is 0 Å². The van der Waals surface area contributed by atoms with Gasteiger partial charge in [0.05, 0.1) is 6.10 Å². The van der Waals surface area contributed by atoms with Crippen LogP contribution in [-0.4, -0.2) is 41.9 Å². The van der Waals surface area contributed by atoms with Gasteiger partial charge in [-0.1, -0.05) is 13.8 Å². The Balaban J connectivity index is 1.82. The lowest BCUT2D eigenvalue weighted by atomic mass is 9.94. The molecule has 0 unspecified atom stereocenters. The predicted molar refractivity (Wildman–Crippen MR) is 58.5 cm³/mol. The fourth-order valence-corrected chi connectivity index (χ4v) is 2.89. The lowest BCUT2D eigenvalue weighted by molar-refractivity contribution is 0.115. The van der Waals surface area contributed by atoms with Crippen LogP contribution >= 0.6 is 0 Å². The lowest BCUT2D eigenvalue weighted by Crippen LogP contribution is -2.30. The van der Waals surface area contributed by atoms with E-state index in [1.54, 1.807) is 0 Å². The van der Waals surface area contributed by atoms with Crippen LogP contribution in [0, 0.1) is 11.3 Å². The molecule has 15 heavy (non-hydrogen) atoms. The number of hydrogen-bond donors (Lipinski definition) is 1. The molecule has 1 heterocycles. The van der Waals surface area contributed by atoms with Crippen LogP contribution in [0.2, 0.25) is 0 Å². The van der Waals surface area contributed by atoms with Crippen molar-refractivity contribution in [3.63, 3.8) is 0 Å². The van der Waals surface area contributed by atoms with Crippen molar-refractivity contribution in [2.24, 2.45) is 11.3 Å². The molecule has 1 N–H and O–H groups in total. The van der Waals surface area contributed by atoms with Crippen LogP contribution in [0.4, 0.5) is 4.39 Å². The molecule has 2 atom stereocenters. The number of β-amino-alcohol motifs (C(OH)–C–C–N with tert-alkyl or cyclic N) is 1.